The van der Waals surface area contributed by atoms with Crippen LogP contribution in [-0.2, 0) is 0 Å². The summed E-state index contributed by atoms with van der Waals surface area (Å²) in [5, 5.41) is -1.11. The van der Waals surface area contributed by atoms with Crippen molar-refractivity contribution in [2.45, 2.75) is 68.0 Å². The van der Waals surface area contributed by atoms with Gasteiger partial charge in [0.1, 0.15) is 5.41 Å². The van der Waals surface area contributed by atoms with Crippen LogP contribution in [0.1, 0.15) is 39.0 Å². The Kier molecular flexibility index (Phi) is 3.27. The predicted octanol–water partition coefficient (Wildman–Crippen LogP) is 4.84. The summed E-state index contributed by atoms with van der Waals surface area (Å²) < 4.78 is 110. The first-order valence-electron chi connectivity index (χ1n) is 6.42. The molecule has 2 fully saturated rings. The van der Waals surface area contributed by atoms with Crippen LogP contribution >= 0.6 is 0 Å². The fraction of sp³-hybridized carbons (Fsp3) is 1.00. The van der Waals surface area contributed by atoms with Crippen molar-refractivity contribution in [3.05, 3.63) is 0 Å². The van der Waals surface area contributed by atoms with E-state index in [1.54, 1.807) is 0 Å². The van der Waals surface area contributed by atoms with Crippen molar-refractivity contribution in [1.29, 1.82) is 0 Å². The third-order valence-corrected chi connectivity index (χ3v) is 4.81. The second-order valence-corrected chi connectivity index (χ2v) is 6.47. The summed E-state index contributed by atoms with van der Waals surface area (Å²) in [6, 6.07) is 0. The van der Waals surface area contributed by atoms with Crippen molar-refractivity contribution in [3.63, 3.8) is 0 Å². The molecular formula is C12H13BF8. The van der Waals surface area contributed by atoms with E-state index >= 15 is 0 Å². The molecule has 120 valence electrons. The number of hydrogen-bond acceptors (Lipinski definition) is 0. The second-order valence-electron chi connectivity index (χ2n) is 6.47. The van der Waals surface area contributed by atoms with E-state index in [0.29, 0.717) is 0 Å². The van der Waals surface area contributed by atoms with E-state index in [-0.39, 0.29) is 0 Å². The highest BCUT2D eigenvalue weighted by molar-refractivity contribution is 6.14. The minimum atomic E-state index is -5.22. The van der Waals surface area contributed by atoms with Crippen molar-refractivity contribution in [1.82, 2.24) is 0 Å². The van der Waals surface area contributed by atoms with Gasteiger partial charge >= 0.3 is 23.7 Å². The summed E-state index contributed by atoms with van der Waals surface area (Å²) in [5.74, 6) is -20.8. The lowest BCUT2D eigenvalue weighted by atomic mass is 9.50. The highest BCUT2D eigenvalue weighted by Gasteiger charge is 2.88. The molecule has 2 saturated carbocycles. The van der Waals surface area contributed by atoms with Gasteiger partial charge in [-0.05, 0) is 12.8 Å². The van der Waals surface area contributed by atoms with E-state index in [2.05, 4.69) is 0 Å². The fourth-order valence-corrected chi connectivity index (χ4v) is 3.27. The molecule has 0 unspecified atom stereocenters. The maximum atomic E-state index is 14.0. The molecule has 2 aliphatic rings. The molecule has 0 N–H and O–H groups in total. The summed E-state index contributed by atoms with van der Waals surface area (Å²) in [6.07, 6.45) is -6.12. The van der Waals surface area contributed by atoms with Gasteiger partial charge in [0.2, 0.25) is 0 Å². The third kappa shape index (κ3) is 1.94. The molecule has 0 aliphatic heterocycles. The van der Waals surface area contributed by atoms with Gasteiger partial charge in [0.05, 0.1) is 14.3 Å². The molecule has 21 heavy (non-hydrogen) atoms. The molecule has 0 aromatic heterocycles. The summed E-state index contributed by atoms with van der Waals surface area (Å²) in [7, 11) is 5.62. The highest BCUT2D eigenvalue weighted by Crippen LogP contribution is 2.72. The van der Waals surface area contributed by atoms with Gasteiger partial charge in [-0.15, -0.1) is 0 Å². The molecule has 0 aromatic rings. The van der Waals surface area contributed by atoms with Gasteiger partial charge in [-0.1, -0.05) is 25.1 Å². The smallest absolute Gasteiger partial charge is 0.200 e. The van der Waals surface area contributed by atoms with E-state index < -0.39 is 66.5 Å². The van der Waals surface area contributed by atoms with Gasteiger partial charge in [-0.25, -0.2) is 0 Å². The Bertz CT molecular complexity index is 405. The summed E-state index contributed by atoms with van der Waals surface area (Å²) in [6.45, 7) is 1.38. The van der Waals surface area contributed by atoms with Gasteiger partial charge in [-0.2, -0.15) is 35.1 Å². The number of rotatable bonds is 0. The maximum absolute atomic E-state index is 14.0. The first-order chi connectivity index (χ1) is 9.12. The van der Waals surface area contributed by atoms with E-state index in [4.69, 9.17) is 7.85 Å². The van der Waals surface area contributed by atoms with E-state index in [1.807, 2.05) is 0 Å². The summed E-state index contributed by atoms with van der Waals surface area (Å²) in [4.78, 5) is 0. The van der Waals surface area contributed by atoms with Crippen LogP contribution in [-0.4, -0.2) is 31.5 Å². The zero-order valence-corrected chi connectivity index (χ0v) is 11.1. The number of alkyl halides is 8. The van der Waals surface area contributed by atoms with Crippen LogP contribution in [0.25, 0.3) is 0 Å². The first kappa shape index (κ1) is 16.9. The lowest BCUT2D eigenvalue weighted by molar-refractivity contribution is -0.419. The Morgan fingerprint density at radius 3 is 1.33 bits per heavy atom. The van der Waals surface area contributed by atoms with Gasteiger partial charge in [-0.3, -0.25) is 0 Å². The monoisotopic (exact) mass is 320 g/mol. The molecule has 0 aromatic carbocycles. The standard InChI is InChI=1S/C12H13BF8/c1-7(13)2-4-8(5-3-7)11(18,19)9(14,15)6-10(16,17)12(8,20)21/h2-6H2,1H3. The normalized spacial score (nSPS) is 34.5. The zero-order chi connectivity index (χ0) is 16.5. The van der Waals surface area contributed by atoms with Crippen LogP contribution in [0.2, 0.25) is 5.31 Å². The molecule has 1 spiro atoms. The Hall–Kier alpha value is -0.495. The lowest BCUT2D eigenvalue weighted by Crippen LogP contribution is -2.73. The van der Waals surface area contributed by atoms with Crippen LogP contribution in [0.3, 0.4) is 0 Å². The summed E-state index contributed by atoms with van der Waals surface area (Å²) in [5.41, 5.74) is -3.77. The van der Waals surface area contributed by atoms with E-state index in [0.717, 1.165) is 0 Å². The molecule has 2 radical (unpaired) electrons. The topological polar surface area (TPSA) is 0 Å². The van der Waals surface area contributed by atoms with Gasteiger partial charge < -0.3 is 0 Å². The average molecular weight is 320 g/mol. The third-order valence-electron chi connectivity index (χ3n) is 4.81. The first-order valence-corrected chi connectivity index (χ1v) is 6.42. The minimum Gasteiger partial charge on any atom is -0.200 e. The van der Waals surface area contributed by atoms with Crippen molar-refractivity contribution >= 4 is 7.85 Å². The summed E-state index contributed by atoms with van der Waals surface area (Å²) >= 11 is 0. The van der Waals surface area contributed by atoms with Crippen LogP contribution < -0.4 is 0 Å². The Morgan fingerprint density at radius 2 is 1.00 bits per heavy atom. The van der Waals surface area contributed by atoms with Gasteiger partial charge in [0.25, 0.3) is 0 Å². The molecule has 0 atom stereocenters. The van der Waals surface area contributed by atoms with E-state index in [9.17, 15) is 35.1 Å². The molecule has 0 nitrogen and oxygen atoms in total. The quantitative estimate of drug-likeness (QED) is 0.443. The zero-order valence-electron chi connectivity index (χ0n) is 11.1. The SMILES string of the molecule is [B]C1(C)CCC2(CC1)C(F)(F)C(F)(F)CC(F)(F)C2(F)F. The molecule has 9 heteroatoms. The van der Waals surface area contributed by atoms with Crippen molar-refractivity contribution < 1.29 is 35.1 Å². The molecule has 2 aliphatic carbocycles. The van der Waals surface area contributed by atoms with Crippen LogP contribution in [0.4, 0.5) is 35.1 Å². The number of hydrogen-bond donors (Lipinski definition) is 0. The van der Waals surface area contributed by atoms with Crippen molar-refractivity contribution in [3.8, 4) is 0 Å². The number of halogens is 8. The van der Waals surface area contributed by atoms with Crippen LogP contribution in [0.5, 0.6) is 0 Å². The van der Waals surface area contributed by atoms with Gasteiger partial charge in [0.15, 0.2) is 0 Å². The molecular weight excluding hydrogens is 307 g/mol. The maximum Gasteiger partial charge on any atom is 0.321 e. The largest absolute Gasteiger partial charge is 0.321 e. The van der Waals surface area contributed by atoms with Crippen molar-refractivity contribution in [2.75, 3.05) is 0 Å². The molecule has 2 rings (SSSR count). The Labute approximate surface area is 117 Å². The molecule has 0 saturated heterocycles. The minimum absolute atomic E-state index is 0.454. The molecule has 0 heterocycles. The van der Waals surface area contributed by atoms with Gasteiger partial charge in [0, 0.05) is 0 Å². The Morgan fingerprint density at radius 1 is 0.667 bits per heavy atom. The predicted molar refractivity (Wildman–Crippen MR) is 59.4 cm³/mol. The Balaban J connectivity index is 2.58. The fourth-order valence-electron chi connectivity index (χ4n) is 3.27. The van der Waals surface area contributed by atoms with Crippen LogP contribution in [0.15, 0.2) is 0 Å². The lowest BCUT2D eigenvalue weighted by Gasteiger charge is -2.57. The second kappa shape index (κ2) is 4.07. The molecule has 0 bridgehead atoms. The van der Waals surface area contributed by atoms with E-state index in [1.165, 1.54) is 6.92 Å². The van der Waals surface area contributed by atoms with Crippen LogP contribution in [0, 0.1) is 5.41 Å². The average Bonchev–Trinajstić information content (AvgIpc) is 2.25. The highest BCUT2D eigenvalue weighted by atomic mass is 19.3. The van der Waals surface area contributed by atoms with Crippen molar-refractivity contribution in [2.24, 2.45) is 5.41 Å². The molecule has 0 amide bonds.